The minimum atomic E-state index is -1.70. The summed E-state index contributed by atoms with van der Waals surface area (Å²) in [6, 6.07) is 8.42. The first-order chi connectivity index (χ1) is 23.6. The summed E-state index contributed by atoms with van der Waals surface area (Å²) < 4.78 is 64.7. The summed E-state index contributed by atoms with van der Waals surface area (Å²) in [5.41, 5.74) is -3.85. The van der Waals surface area contributed by atoms with E-state index in [9.17, 15) is 9.90 Å². The molecule has 5 rings (SSSR count). The lowest BCUT2D eigenvalue weighted by molar-refractivity contribution is -0.340. The number of benzene rings is 1. The molecule has 11 atom stereocenters. The SMILES string of the molecule is [2H]CSO[C@]12C[C@H](OSCP([2H])I)C(C)=C([C@@H](OSCP([2H])I)C(=O)[C@@]3(C)C([C@@H]1OC(=O)c1ccccc1)[C@]1(O)COC1C[C@@H]3O[2H])C2(C)C. The number of hydrogen-bond donors (Lipinski definition) is 2. The first-order valence-electron chi connectivity index (χ1n) is 16.6. The van der Waals surface area contributed by atoms with Gasteiger partial charge in [0.25, 0.3) is 0 Å². The third-order valence-electron chi connectivity index (χ3n) is 10.3. The van der Waals surface area contributed by atoms with Gasteiger partial charge >= 0.3 is 5.97 Å². The van der Waals surface area contributed by atoms with Crippen molar-refractivity contribution in [2.45, 2.75) is 82.3 Å². The molecule has 2 bridgehead atoms. The minimum absolute atomic E-state index is 0.0370. The van der Waals surface area contributed by atoms with Crippen LogP contribution >= 0.6 is 92.5 Å². The van der Waals surface area contributed by atoms with Crippen molar-refractivity contribution in [3.63, 3.8) is 0 Å². The van der Waals surface area contributed by atoms with Gasteiger partial charge in [-0.15, -0.1) is 0 Å². The van der Waals surface area contributed by atoms with Gasteiger partial charge in [-0.3, -0.25) is 8.98 Å². The van der Waals surface area contributed by atoms with Crippen LogP contribution in [-0.4, -0.2) is 91.5 Å². The highest BCUT2D eigenvalue weighted by atomic mass is 127. The third-order valence-corrected chi connectivity index (χ3v) is 18.0. The van der Waals surface area contributed by atoms with E-state index < -0.39 is 82.6 Å². The fourth-order valence-electron chi connectivity index (χ4n) is 7.91. The van der Waals surface area contributed by atoms with E-state index >= 15 is 4.79 Å². The van der Waals surface area contributed by atoms with Gasteiger partial charge in [-0.2, -0.15) is 0 Å². The molecular formula is C30H40I2O9P2S3. The van der Waals surface area contributed by atoms with E-state index in [2.05, 4.69) is 22.0 Å². The van der Waals surface area contributed by atoms with Crippen molar-refractivity contribution in [3.8, 4) is 0 Å². The molecular weight excluding hydrogens is 916 g/mol. The van der Waals surface area contributed by atoms with Crippen LogP contribution in [-0.2, 0) is 26.8 Å². The zero-order valence-electron chi connectivity index (χ0n) is 29.7. The van der Waals surface area contributed by atoms with Gasteiger partial charge in [0.15, 0.2) is 11.9 Å². The summed E-state index contributed by atoms with van der Waals surface area (Å²) in [6.45, 7) is 7.14. The van der Waals surface area contributed by atoms with Crippen molar-refractivity contribution in [2.24, 2.45) is 16.7 Å². The van der Waals surface area contributed by atoms with Crippen molar-refractivity contribution in [1.82, 2.24) is 0 Å². The number of ketones is 1. The number of rotatable bonds is 13. The molecule has 3 aliphatic carbocycles. The number of halogens is 2. The Balaban J connectivity index is 1.82. The molecule has 0 radical (unpaired) electrons. The number of aliphatic hydroxyl groups is 2. The van der Waals surface area contributed by atoms with Crippen molar-refractivity contribution < 1.29 is 43.2 Å². The highest BCUT2D eigenvalue weighted by molar-refractivity contribution is 14.2. The summed E-state index contributed by atoms with van der Waals surface area (Å²) in [5.74, 6) is -2.39. The lowest BCUT2D eigenvalue weighted by Crippen LogP contribution is -2.81. The molecule has 16 heteroatoms. The Morgan fingerprint density at radius 1 is 1.20 bits per heavy atom. The van der Waals surface area contributed by atoms with E-state index in [1.807, 2.05) is 42.8 Å². The minimum Gasteiger partial charge on any atom is -0.455 e. The number of carbonyl (C=O) groups excluding carboxylic acids is 2. The third kappa shape index (κ3) is 6.44. The van der Waals surface area contributed by atoms with Gasteiger partial charge in [-0.05, 0) is 85.6 Å². The quantitative estimate of drug-likeness (QED) is 0.0689. The predicted octanol–water partition coefficient (Wildman–Crippen LogP) is 7.13. The molecule has 3 fully saturated rings. The smallest absolute Gasteiger partial charge is 0.338 e. The molecule has 9 nitrogen and oxygen atoms in total. The predicted molar refractivity (Wildman–Crippen MR) is 205 cm³/mol. The second kappa shape index (κ2) is 15.5. The second-order valence-corrected chi connectivity index (χ2v) is 20.5. The molecule has 2 N–H and O–H groups in total. The molecule has 1 aromatic rings. The Morgan fingerprint density at radius 2 is 1.89 bits per heavy atom. The Bertz CT molecular complexity index is 1440. The summed E-state index contributed by atoms with van der Waals surface area (Å²) >= 11 is 7.11. The number of hydrogen-bond acceptors (Lipinski definition) is 12. The summed E-state index contributed by atoms with van der Waals surface area (Å²) in [6.07, 6.45) is -7.56. The van der Waals surface area contributed by atoms with Crippen molar-refractivity contribution in [2.75, 3.05) is 23.8 Å². The van der Waals surface area contributed by atoms with Crippen LogP contribution in [0.5, 0.6) is 0 Å². The summed E-state index contributed by atoms with van der Waals surface area (Å²) in [4.78, 5) is 29.6. The van der Waals surface area contributed by atoms with E-state index in [1.54, 1.807) is 37.3 Å². The molecule has 256 valence electrons. The van der Waals surface area contributed by atoms with Crippen LogP contribution in [0.2, 0.25) is 0 Å². The lowest BCUT2D eigenvalue weighted by atomic mass is 9.45. The maximum Gasteiger partial charge on any atom is 0.338 e. The van der Waals surface area contributed by atoms with Crippen LogP contribution in [0.3, 0.4) is 0 Å². The molecule has 1 aromatic carbocycles. The normalized spacial score (nSPS) is 40.8. The number of aliphatic hydroxyl groups excluding tert-OH is 1. The van der Waals surface area contributed by atoms with Gasteiger partial charge < -0.3 is 28.1 Å². The zero-order chi connectivity index (χ0) is 36.6. The molecule has 0 amide bonds. The van der Waals surface area contributed by atoms with Gasteiger partial charge in [0.1, 0.15) is 17.3 Å². The van der Waals surface area contributed by atoms with Crippen LogP contribution < -0.4 is 0 Å². The second-order valence-electron chi connectivity index (χ2n) is 12.6. The van der Waals surface area contributed by atoms with Crippen LogP contribution in [0.25, 0.3) is 0 Å². The van der Waals surface area contributed by atoms with Crippen molar-refractivity contribution in [1.29, 1.82) is 3.99 Å². The first-order valence-corrected chi connectivity index (χ1v) is 25.0. The number of ether oxygens (including phenoxy) is 2. The summed E-state index contributed by atoms with van der Waals surface area (Å²) in [5, 5.41) is 18.0. The fourth-order valence-corrected chi connectivity index (χ4v) is 12.0. The van der Waals surface area contributed by atoms with Crippen LogP contribution in [0, 0.1) is 16.7 Å². The zero-order valence-corrected chi connectivity index (χ0v) is 34.2. The Hall–Kier alpha value is 1.23. The molecule has 46 heavy (non-hydrogen) atoms. The topological polar surface area (TPSA) is 121 Å². The molecule has 2 saturated carbocycles. The van der Waals surface area contributed by atoms with E-state index in [-0.39, 0.29) is 31.2 Å². The Morgan fingerprint density at radius 3 is 2.50 bits per heavy atom. The van der Waals surface area contributed by atoms with E-state index in [4.69, 9.17) is 32.5 Å². The number of fused-ring (bicyclic) bond motifs is 5. The molecule has 4 aliphatic rings. The van der Waals surface area contributed by atoms with Crippen LogP contribution in [0.4, 0.5) is 0 Å². The highest BCUT2D eigenvalue weighted by Gasteiger charge is 2.77. The summed E-state index contributed by atoms with van der Waals surface area (Å²) in [7, 11) is 0. The van der Waals surface area contributed by atoms with Crippen LogP contribution in [0.15, 0.2) is 41.5 Å². The molecule has 1 saturated heterocycles. The molecule has 0 spiro atoms. The first kappa shape index (κ1) is 33.1. The number of esters is 1. The van der Waals surface area contributed by atoms with Gasteiger partial charge in [-0.25, -0.2) is 4.79 Å². The van der Waals surface area contributed by atoms with Gasteiger partial charge in [-0.1, -0.05) is 76.1 Å². The lowest BCUT2D eigenvalue weighted by Gasteiger charge is -2.67. The maximum absolute atomic E-state index is 15.5. The van der Waals surface area contributed by atoms with E-state index in [0.717, 1.165) is 36.1 Å². The van der Waals surface area contributed by atoms with Gasteiger partial charge in [0, 0.05) is 42.8 Å². The number of Topliss-reactive ketones (excluding diaryl/α,β-unsaturated/α-hetero) is 1. The van der Waals surface area contributed by atoms with Crippen molar-refractivity contribution in [3.05, 3.63) is 47.0 Å². The van der Waals surface area contributed by atoms with Crippen LogP contribution in [0.1, 0.15) is 52.3 Å². The Kier molecular flexibility index (Phi) is 11.1. The number of carbonyl (C=O) groups is 2. The highest BCUT2D eigenvalue weighted by Crippen LogP contribution is 2.65. The average Bonchev–Trinajstić information content (AvgIpc) is 3.06. The van der Waals surface area contributed by atoms with Crippen molar-refractivity contribution >= 4 is 104 Å². The average molecular weight is 961 g/mol. The monoisotopic (exact) mass is 960 g/mol. The molecule has 1 heterocycles. The van der Waals surface area contributed by atoms with Gasteiger partial charge in [0.05, 0.1) is 38.5 Å². The standard InChI is InChI=1S/C30H40I2O9P2S3/c1-16-18(39-45-14-42-31)12-30(41-44-5)25(38-26(35)17-9-7-6-8-10-17)23-28(4,19(33)11-20-29(23,36)13-37-20)24(34)22(40-46-15-43-32)21(16)27(30,2)3/h6-10,18-20,22-23,25,33,36,42-43H,11-15H2,1-5H3/t18-,19-,20?,22+,23?,25-,28+,29-,30+,42?,43?/m0/s1/i5D,33D,42D,43D. The van der Waals surface area contributed by atoms with Gasteiger partial charge in [0.2, 0.25) is 1.43 Å². The maximum atomic E-state index is 15.5. The van der Waals surface area contributed by atoms with E-state index in [1.165, 1.54) is 0 Å². The molecule has 1 aliphatic heterocycles. The Labute approximate surface area is 318 Å². The van der Waals surface area contributed by atoms with E-state index in [0.29, 0.717) is 22.1 Å². The largest absolute Gasteiger partial charge is 0.455 e. The molecule has 0 aromatic heterocycles. The molecule has 4 unspecified atom stereocenters. The fraction of sp³-hybridized carbons (Fsp3) is 0.667.